The summed E-state index contributed by atoms with van der Waals surface area (Å²) in [5.74, 6) is -27.5. The first-order valence-corrected chi connectivity index (χ1v) is 38.2. The van der Waals surface area contributed by atoms with E-state index in [1.54, 1.807) is 0 Å². The smallest absolute Gasteiger partial charge is 0.305 e. The van der Waals surface area contributed by atoms with Gasteiger partial charge in [0.15, 0.2) is 23.1 Å². The van der Waals surface area contributed by atoms with E-state index in [1.165, 1.54) is 49.5 Å². The predicted molar refractivity (Wildman–Crippen MR) is 423 cm³/mol. The Morgan fingerprint density at radius 3 is 0.933 bits per heavy atom. The zero-order valence-electron chi connectivity index (χ0n) is 66.7. The number of nitrogens with one attached hydrogen (secondary N) is 6. The van der Waals surface area contributed by atoms with E-state index in [-0.39, 0.29) is 37.3 Å². The van der Waals surface area contributed by atoms with E-state index < -0.39 is 255 Å². The predicted octanol–water partition coefficient (Wildman–Crippen LogP) is 2.22. The molecule has 0 aliphatic rings. The summed E-state index contributed by atoms with van der Waals surface area (Å²) in [5.41, 5.74) is 18.4. The number of ketones is 4. The van der Waals surface area contributed by atoms with E-state index in [9.17, 15) is 117 Å². The normalized spacial score (nSPS) is 13.9. The largest absolute Gasteiger partial charge is 0.481 e. The second-order valence-corrected chi connectivity index (χ2v) is 29.7. The first kappa shape index (κ1) is 95.0. The lowest BCUT2D eigenvalue weighted by Gasteiger charge is -2.26. The van der Waals surface area contributed by atoms with Gasteiger partial charge in [0, 0.05) is 89.4 Å². The number of Topliss-reactive ketones (excluding diaryl/α,β-unsaturated/α-hetero) is 4. The highest BCUT2D eigenvalue weighted by atomic mass is 16.4. The number of aromatic nitrogens is 6. The Bertz CT molecular complexity index is 4450. The first-order valence-electron chi connectivity index (χ1n) is 38.2. The molecule has 640 valence electrons. The van der Waals surface area contributed by atoms with Crippen LogP contribution in [0.25, 0.3) is 11.1 Å². The van der Waals surface area contributed by atoms with E-state index >= 15 is 0 Å². The molecule has 4 aromatic carbocycles. The van der Waals surface area contributed by atoms with Crippen LogP contribution in [0.15, 0.2) is 122 Å². The highest BCUT2D eigenvalue weighted by Gasteiger charge is 2.39. The number of benzene rings is 4. The topological polar surface area (TPSA) is 614 Å². The fourth-order valence-corrected chi connectivity index (χ4v) is 13.3. The molecule has 6 aromatic rings. The molecule has 10 atom stereocenters. The number of carbonyl (C=O) groups is 18. The summed E-state index contributed by atoms with van der Waals surface area (Å²) in [4.78, 5) is 230. The van der Waals surface area contributed by atoms with Crippen molar-refractivity contribution >= 4 is 117 Å². The monoisotopic (exact) mass is 1660 g/mol. The molecule has 2 aromatic heterocycles. The molecule has 38 heteroatoms. The Hall–Kier alpha value is -13.8. The summed E-state index contributed by atoms with van der Waals surface area (Å²) in [6.45, 7) is 8.42. The molecule has 0 bridgehead atoms. The SMILES string of the molecule is CC(=O)N[C@@H](CC(=O)O)C(=O)C[C@@H](CCC(=O)O)C(=O)N[C@H](C(=O)C[C@@H](CC(=O)O)C(=O)N[C@@H](Cc1cn(Cc2ccc(/C(=C(/c3ccccc3)c3ccc(Cn4cc(C[C@@H](NC(=O)[C@@H](CC(=O)O)CC(=O)C(NC(=O)[C@@H](CCC(=O)O)CC(=O)[C@@H](CC(=O)O)NC(C)=O)C(C)C)C(N)=O)nn4)cc3)c3ccccc3)cc2)nn1)C(N)=O)C(C)C. The summed E-state index contributed by atoms with van der Waals surface area (Å²) in [6.07, 6.45) is -6.40. The number of hydrogen-bond donors (Lipinski definition) is 14. The molecule has 16 N–H and O–H groups in total. The highest BCUT2D eigenvalue weighted by molar-refractivity contribution is 6.05. The van der Waals surface area contributed by atoms with Gasteiger partial charge in [0.05, 0.1) is 86.2 Å². The van der Waals surface area contributed by atoms with Crippen LogP contribution in [0.5, 0.6) is 0 Å². The molecular formula is C82H98N14O24. The van der Waals surface area contributed by atoms with Crippen molar-refractivity contribution in [3.63, 3.8) is 0 Å². The van der Waals surface area contributed by atoms with Gasteiger partial charge in [-0.3, -0.25) is 86.3 Å². The number of carbonyl (C=O) groups excluding carboxylic acids is 12. The summed E-state index contributed by atoms with van der Waals surface area (Å²) >= 11 is 0. The zero-order valence-corrected chi connectivity index (χ0v) is 66.7. The molecule has 1 unspecified atom stereocenters. The molecule has 0 spiro atoms. The van der Waals surface area contributed by atoms with Gasteiger partial charge in [-0.2, -0.15) is 0 Å². The number of aliphatic carboxylic acids is 6. The molecule has 6 rings (SSSR count). The molecule has 0 aliphatic heterocycles. The molecule has 0 aliphatic carbocycles. The molecule has 2 heterocycles. The van der Waals surface area contributed by atoms with Crippen molar-refractivity contribution in [2.24, 2.45) is 47.0 Å². The Morgan fingerprint density at radius 2 is 0.650 bits per heavy atom. The molecule has 0 saturated heterocycles. The molecular weight excluding hydrogens is 1560 g/mol. The van der Waals surface area contributed by atoms with Crippen LogP contribution in [-0.4, -0.2) is 203 Å². The Morgan fingerprint density at radius 1 is 0.350 bits per heavy atom. The van der Waals surface area contributed by atoms with Crippen LogP contribution >= 0.6 is 0 Å². The maximum absolute atomic E-state index is 14.0. The third kappa shape index (κ3) is 30.7. The van der Waals surface area contributed by atoms with Crippen LogP contribution in [0.2, 0.25) is 0 Å². The minimum absolute atomic E-state index is 0.150. The van der Waals surface area contributed by atoms with Gasteiger partial charge in [0.2, 0.25) is 47.3 Å². The molecule has 38 nitrogen and oxygen atoms in total. The Labute approximate surface area is 687 Å². The summed E-state index contributed by atoms with van der Waals surface area (Å²) in [5, 5.41) is 88.4. The number of carboxylic acids is 6. The number of amides is 8. The van der Waals surface area contributed by atoms with Gasteiger partial charge >= 0.3 is 35.8 Å². The molecule has 0 radical (unpaired) electrons. The second-order valence-electron chi connectivity index (χ2n) is 29.7. The number of hydrogen-bond acceptors (Lipinski definition) is 22. The second kappa shape index (κ2) is 45.6. The number of nitrogens with zero attached hydrogens (tertiary/aromatic N) is 6. The maximum atomic E-state index is 14.0. The number of nitrogens with two attached hydrogens (primary N) is 2. The molecule has 0 saturated carbocycles. The van der Waals surface area contributed by atoms with Gasteiger partial charge < -0.3 is 74.0 Å². The van der Waals surface area contributed by atoms with Crippen molar-refractivity contribution in [2.75, 3.05) is 0 Å². The van der Waals surface area contributed by atoms with Crippen LogP contribution in [0.1, 0.15) is 163 Å². The third-order valence-corrected chi connectivity index (χ3v) is 19.3. The summed E-state index contributed by atoms with van der Waals surface area (Å²) in [6, 6.07) is 25.5. The van der Waals surface area contributed by atoms with E-state index in [4.69, 9.17) is 11.5 Å². The fraction of sp³-hybridized carbons (Fsp3) is 0.415. The molecule has 8 amide bonds. The lowest BCUT2D eigenvalue weighted by Crippen LogP contribution is -2.51. The fourth-order valence-electron chi connectivity index (χ4n) is 13.3. The van der Waals surface area contributed by atoms with Crippen LogP contribution in [0.3, 0.4) is 0 Å². The minimum atomic E-state index is -1.64. The lowest BCUT2D eigenvalue weighted by molar-refractivity contribution is -0.143. The van der Waals surface area contributed by atoms with Crippen molar-refractivity contribution in [3.05, 3.63) is 166 Å². The third-order valence-electron chi connectivity index (χ3n) is 19.3. The average Bonchev–Trinajstić information content (AvgIpc) is 0.874. The van der Waals surface area contributed by atoms with E-state index in [0.29, 0.717) is 0 Å². The standard InChI is InChI=1S/C82H98N14O24/c1-43(2)75(89-79(117)53(25-27-67(103)104)29-63(99)59(37-71(111)112)85-45(5)97)65(101)31-55(33-69(107)108)81(119)87-61(77(83)115)35-57-41-95(93-91-57)39-47-17-21-51(22-18-47)73(49-13-9-7-10-14-49)74(50-15-11-8-12-16-50)52-23-19-48(20-24-52)40-96-42-58(92-94-96)36-62(78(84)116)88-82(120)56(34-70(109)110)32-66(102)76(44(3)4)90-80(118)54(26-28-68(105)106)30-64(100)60(38-72(113)114)86-46(6)98/h7-24,41-44,53-56,59-62,75-76H,25-40H2,1-6H3,(H2,83,115)(H2,84,116)(H,85,97)(H,86,98)(H,87,119)(H,88,120)(H,89,117)(H,90,118)(H,103,104)(H,105,106)(H,107,108)(H,109,110)(H,111,112)(H,113,114)/b74-73-/t53-,54+,55+,56-,59+,60-,61+,62-,75+,76?/m1/s1. The van der Waals surface area contributed by atoms with Crippen molar-refractivity contribution in [1.29, 1.82) is 0 Å². The van der Waals surface area contributed by atoms with E-state index in [0.717, 1.165) is 58.4 Å². The van der Waals surface area contributed by atoms with Gasteiger partial charge in [-0.05, 0) is 69.2 Å². The van der Waals surface area contributed by atoms with Crippen LogP contribution in [0.4, 0.5) is 0 Å². The van der Waals surface area contributed by atoms with Crippen molar-refractivity contribution < 1.29 is 117 Å². The molecule has 120 heavy (non-hydrogen) atoms. The van der Waals surface area contributed by atoms with Crippen LogP contribution in [-0.2, 0) is 112 Å². The van der Waals surface area contributed by atoms with Crippen molar-refractivity contribution in [2.45, 2.75) is 181 Å². The first-order chi connectivity index (χ1) is 56.6. The number of rotatable bonds is 52. The number of primary amides is 2. The highest BCUT2D eigenvalue weighted by Crippen LogP contribution is 2.38. The quantitative estimate of drug-likeness (QED) is 0.0243. The molecule has 0 fully saturated rings. The summed E-state index contributed by atoms with van der Waals surface area (Å²) in [7, 11) is 0. The van der Waals surface area contributed by atoms with Gasteiger partial charge in [0.25, 0.3) is 0 Å². The van der Waals surface area contributed by atoms with Gasteiger partial charge in [0.1, 0.15) is 12.1 Å². The van der Waals surface area contributed by atoms with Crippen molar-refractivity contribution in [3.8, 4) is 0 Å². The van der Waals surface area contributed by atoms with Crippen molar-refractivity contribution in [1.82, 2.24) is 61.9 Å². The van der Waals surface area contributed by atoms with E-state index in [1.807, 2.05) is 109 Å². The van der Waals surface area contributed by atoms with Crippen LogP contribution < -0.4 is 43.4 Å². The Balaban J connectivity index is 1.15. The van der Waals surface area contributed by atoms with Crippen LogP contribution in [0, 0.1) is 35.5 Å². The van der Waals surface area contributed by atoms with E-state index in [2.05, 4.69) is 52.5 Å². The average molecular weight is 1660 g/mol. The minimum Gasteiger partial charge on any atom is -0.481 e. The zero-order chi connectivity index (χ0) is 88.8. The van der Waals surface area contributed by atoms with Gasteiger partial charge in [-0.15, -0.1) is 10.2 Å². The number of carboxylic acid groups (broad SMARTS) is 6. The lowest BCUT2D eigenvalue weighted by atomic mass is 9.85. The summed E-state index contributed by atoms with van der Waals surface area (Å²) < 4.78 is 2.94. The van der Waals surface area contributed by atoms with Gasteiger partial charge in [-0.1, -0.05) is 147 Å². The van der Waals surface area contributed by atoms with Gasteiger partial charge in [-0.25, -0.2) is 9.36 Å². The Kier molecular flexibility index (Phi) is 36.1. The maximum Gasteiger partial charge on any atom is 0.305 e.